The van der Waals surface area contributed by atoms with Gasteiger partial charge in [0, 0.05) is 20.0 Å². The molecule has 1 aromatic rings. The van der Waals surface area contributed by atoms with E-state index >= 15 is 0 Å². The Morgan fingerprint density at radius 1 is 1.30 bits per heavy atom. The molecule has 0 aromatic heterocycles. The first kappa shape index (κ1) is 14.7. The minimum Gasteiger partial charge on any atom is -0.461 e. The third-order valence-corrected chi connectivity index (χ3v) is 4.91. The predicted octanol–water partition coefficient (Wildman–Crippen LogP) is 1.49. The van der Waals surface area contributed by atoms with Crippen molar-refractivity contribution in [1.82, 2.24) is 4.31 Å². The molecule has 1 aromatic carbocycles. The van der Waals surface area contributed by atoms with Gasteiger partial charge in [0.15, 0.2) is 0 Å². The Morgan fingerprint density at radius 2 is 1.95 bits per heavy atom. The lowest BCUT2D eigenvalue weighted by Crippen LogP contribution is -2.29. The monoisotopic (exact) mass is 295 g/mol. The molecule has 0 N–H and O–H groups in total. The van der Waals surface area contributed by atoms with Crippen LogP contribution in [0.15, 0.2) is 40.8 Å². The summed E-state index contributed by atoms with van der Waals surface area (Å²) in [6.07, 6.45) is 1.79. The van der Waals surface area contributed by atoms with Crippen LogP contribution in [0.4, 0.5) is 0 Å². The van der Waals surface area contributed by atoms with Crippen LogP contribution in [0.2, 0.25) is 0 Å². The SMILES string of the molecule is CC(=O)OCC1=CCN(S(=O)(=O)c2ccc(C)cc2)C1. The predicted molar refractivity (Wildman–Crippen MR) is 74.7 cm³/mol. The average Bonchev–Trinajstić information content (AvgIpc) is 2.86. The van der Waals surface area contributed by atoms with E-state index in [9.17, 15) is 13.2 Å². The summed E-state index contributed by atoms with van der Waals surface area (Å²) in [5.41, 5.74) is 1.81. The first-order valence-electron chi connectivity index (χ1n) is 6.27. The zero-order valence-electron chi connectivity index (χ0n) is 11.5. The van der Waals surface area contributed by atoms with Crippen molar-refractivity contribution in [3.05, 3.63) is 41.5 Å². The Bertz CT molecular complexity index is 632. The van der Waals surface area contributed by atoms with Gasteiger partial charge in [0.05, 0.1) is 4.90 Å². The number of aryl methyl sites for hydroxylation is 1. The third kappa shape index (κ3) is 3.26. The fourth-order valence-corrected chi connectivity index (χ4v) is 3.31. The molecular formula is C14H17NO4S. The van der Waals surface area contributed by atoms with Gasteiger partial charge in [0.1, 0.15) is 6.61 Å². The van der Waals surface area contributed by atoms with Gasteiger partial charge in [-0.05, 0) is 24.6 Å². The van der Waals surface area contributed by atoms with Gasteiger partial charge in [-0.3, -0.25) is 4.79 Å². The molecule has 108 valence electrons. The topological polar surface area (TPSA) is 63.7 Å². The quantitative estimate of drug-likeness (QED) is 0.623. The van der Waals surface area contributed by atoms with Gasteiger partial charge in [-0.25, -0.2) is 8.42 Å². The minimum atomic E-state index is -3.49. The van der Waals surface area contributed by atoms with Gasteiger partial charge >= 0.3 is 5.97 Å². The van der Waals surface area contributed by atoms with E-state index in [1.165, 1.54) is 11.2 Å². The van der Waals surface area contributed by atoms with Gasteiger partial charge in [-0.15, -0.1) is 0 Å². The molecule has 2 rings (SSSR count). The Balaban J connectivity index is 2.06. The van der Waals surface area contributed by atoms with E-state index in [0.29, 0.717) is 6.54 Å². The van der Waals surface area contributed by atoms with Gasteiger partial charge in [-0.1, -0.05) is 23.8 Å². The average molecular weight is 295 g/mol. The van der Waals surface area contributed by atoms with Crippen molar-refractivity contribution in [1.29, 1.82) is 0 Å². The molecule has 1 aliphatic rings. The smallest absolute Gasteiger partial charge is 0.302 e. The summed E-state index contributed by atoms with van der Waals surface area (Å²) >= 11 is 0. The van der Waals surface area contributed by atoms with Crippen LogP contribution >= 0.6 is 0 Å². The second-order valence-corrected chi connectivity index (χ2v) is 6.69. The number of carbonyl (C=O) groups is 1. The summed E-state index contributed by atoms with van der Waals surface area (Å²) in [7, 11) is -3.49. The van der Waals surface area contributed by atoms with Gasteiger partial charge < -0.3 is 4.74 Å². The Kier molecular flexibility index (Phi) is 4.25. The minimum absolute atomic E-state index is 0.148. The number of esters is 1. The highest BCUT2D eigenvalue weighted by Crippen LogP contribution is 2.21. The van der Waals surface area contributed by atoms with E-state index < -0.39 is 10.0 Å². The van der Waals surface area contributed by atoms with Crippen LogP contribution in [-0.2, 0) is 19.6 Å². The van der Waals surface area contributed by atoms with E-state index in [4.69, 9.17) is 4.74 Å². The normalized spacial score (nSPS) is 16.0. The summed E-state index contributed by atoms with van der Waals surface area (Å²) < 4.78 is 31.1. The second-order valence-electron chi connectivity index (χ2n) is 4.75. The lowest BCUT2D eigenvalue weighted by molar-refractivity contribution is -0.139. The van der Waals surface area contributed by atoms with Crippen LogP contribution in [0.5, 0.6) is 0 Å². The number of benzene rings is 1. The number of rotatable bonds is 4. The largest absolute Gasteiger partial charge is 0.461 e. The Labute approximate surface area is 118 Å². The zero-order valence-corrected chi connectivity index (χ0v) is 12.3. The third-order valence-electron chi connectivity index (χ3n) is 3.08. The molecule has 5 nitrogen and oxygen atoms in total. The molecule has 0 bridgehead atoms. The first-order chi connectivity index (χ1) is 9.39. The van der Waals surface area contributed by atoms with Crippen LogP contribution < -0.4 is 0 Å². The van der Waals surface area contributed by atoms with Crippen molar-refractivity contribution in [2.45, 2.75) is 18.7 Å². The van der Waals surface area contributed by atoms with Crippen molar-refractivity contribution >= 4 is 16.0 Å². The lowest BCUT2D eigenvalue weighted by Gasteiger charge is -2.16. The number of hydrogen-bond acceptors (Lipinski definition) is 4. The highest BCUT2D eigenvalue weighted by atomic mass is 32.2. The fraction of sp³-hybridized carbons (Fsp3) is 0.357. The number of hydrogen-bond donors (Lipinski definition) is 0. The molecule has 0 spiro atoms. The molecule has 0 radical (unpaired) electrons. The van der Waals surface area contributed by atoms with Crippen molar-refractivity contribution < 1.29 is 17.9 Å². The molecule has 6 heteroatoms. The van der Waals surface area contributed by atoms with Gasteiger partial charge in [0.2, 0.25) is 10.0 Å². The highest BCUT2D eigenvalue weighted by molar-refractivity contribution is 7.89. The molecule has 0 fully saturated rings. The molecule has 0 saturated heterocycles. The fourth-order valence-electron chi connectivity index (χ4n) is 1.93. The lowest BCUT2D eigenvalue weighted by atomic mass is 10.2. The van der Waals surface area contributed by atoms with Crippen LogP contribution in [-0.4, -0.2) is 38.4 Å². The van der Waals surface area contributed by atoms with E-state index in [1.54, 1.807) is 30.3 Å². The maximum Gasteiger partial charge on any atom is 0.302 e. The summed E-state index contributed by atoms with van der Waals surface area (Å²) in [6, 6.07) is 6.76. The first-order valence-corrected chi connectivity index (χ1v) is 7.71. The molecule has 0 unspecified atom stereocenters. The van der Waals surface area contributed by atoms with E-state index in [0.717, 1.165) is 11.1 Å². The zero-order chi connectivity index (χ0) is 14.8. The number of ether oxygens (including phenoxy) is 1. The van der Waals surface area contributed by atoms with Gasteiger partial charge in [0.25, 0.3) is 0 Å². The van der Waals surface area contributed by atoms with Crippen LogP contribution in [0.1, 0.15) is 12.5 Å². The standard InChI is InChI=1S/C14H17NO4S/c1-11-3-5-14(6-4-11)20(17,18)15-8-7-13(9-15)10-19-12(2)16/h3-7H,8-10H2,1-2H3. The van der Waals surface area contributed by atoms with E-state index in [-0.39, 0.29) is 24.0 Å². The number of carbonyl (C=O) groups excluding carboxylic acids is 1. The van der Waals surface area contributed by atoms with Crippen LogP contribution in [0.3, 0.4) is 0 Å². The van der Waals surface area contributed by atoms with Crippen molar-refractivity contribution in [2.24, 2.45) is 0 Å². The van der Waals surface area contributed by atoms with Gasteiger partial charge in [-0.2, -0.15) is 4.31 Å². The maximum atomic E-state index is 12.4. The molecule has 1 aliphatic heterocycles. The molecule has 0 amide bonds. The van der Waals surface area contributed by atoms with E-state index in [1.807, 2.05) is 6.92 Å². The molecule has 0 atom stereocenters. The molecular weight excluding hydrogens is 278 g/mol. The molecule has 0 saturated carbocycles. The van der Waals surface area contributed by atoms with Crippen molar-refractivity contribution in [3.8, 4) is 0 Å². The summed E-state index contributed by atoms with van der Waals surface area (Å²) in [5.74, 6) is -0.370. The Hall–Kier alpha value is -1.66. The highest BCUT2D eigenvalue weighted by Gasteiger charge is 2.28. The van der Waals surface area contributed by atoms with Crippen LogP contribution in [0.25, 0.3) is 0 Å². The van der Waals surface area contributed by atoms with Crippen molar-refractivity contribution in [2.75, 3.05) is 19.7 Å². The van der Waals surface area contributed by atoms with Crippen LogP contribution in [0, 0.1) is 6.92 Å². The maximum absolute atomic E-state index is 12.4. The summed E-state index contributed by atoms with van der Waals surface area (Å²) in [5, 5.41) is 0. The molecule has 0 aliphatic carbocycles. The molecule has 20 heavy (non-hydrogen) atoms. The van der Waals surface area contributed by atoms with E-state index in [2.05, 4.69) is 0 Å². The molecule has 1 heterocycles. The number of sulfonamides is 1. The second kappa shape index (κ2) is 5.76. The van der Waals surface area contributed by atoms with Crippen molar-refractivity contribution in [3.63, 3.8) is 0 Å². The number of nitrogens with zero attached hydrogens (tertiary/aromatic N) is 1. The summed E-state index contributed by atoms with van der Waals surface area (Å²) in [6.45, 7) is 3.97. The Morgan fingerprint density at radius 3 is 2.55 bits per heavy atom. The summed E-state index contributed by atoms with van der Waals surface area (Å²) in [4.78, 5) is 11.0.